The van der Waals surface area contributed by atoms with Gasteiger partial charge < -0.3 is 9.84 Å². The van der Waals surface area contributed by atoms with Crippen LogP contribution in [0.4, 0.5) is 0 Å². The van der Waals surface area contributed by atoms with Crippen molar-refractivity contribution in [2.45, 2.75) is 26.4 Å². The first kappa shape index (κ1) is 14.1. The number of aliphatic hydroxyl groups is 1. The van der Waals surface area contributed by atoms with Crippen molar-refractivity contribution in [1.82, 2.24) is 0 Å². The van der Waals surface area contributed by atoms with Gasteiger partial charge in [0.1, 0.15) is 0 Å². The van der Waals surface area contributed by atoms with Crippen molar-refractivity contribution >= 4 is 11.8 Å². The molecule has 4 nitrogen and oxygen atoms in total. The van der Waals surface area contributed by atoms with Crippen molar-refractivity contribution in [3.63, 3.8) is 0 Å². The molecule has 1 atom stereocenters. The third-order valence-electron chi connectivity index (χ3n) is 2.39. The number of aliphatic hydroxyl groups excluding tert-OH is 1. The van der Waals surface area contributed by atoms with Crippen LogP contribution in [-0.4, -0.2) is 16.9 Å². The maximum Gasteiger partial charge on any atom is 0.307 e. The molecule has 0 spiro atoms. The maximum atomic E-state index is 11.1. The molecule has 18 heavy (non-hydrogen) atoms. The van der Waals surface area contributed by atoms with E-state index >= 15 is 0 Å². The number of hydrogen-bond donors (Lipinski definition) is 1. The smallest absolute Gasteiger partial charge is 0.307 e. The molecular formula is C14H16O4. The lowest BCUT2D eigenvalue weighted by atomic mass is 10.0. The Morgan fingerprint density at radius 2 is 1.89 bits per heavy atom. The fourth-order valence-electron chi connectivity index (χ4n) is 1.40. The Hall–Kier alpha value is -1.94. The summed E-state index contributed by atoms with van der Waals surface area (Å²) >= 11 is 0. The van der Waals surface area contributed by atoms with Gasteiger partial charge in [0.2, 0.25) is 0 Å². The predicted molar refractivity (Wildman–Crippen MR) is 66.9 cm³/mol. The molecule has 96 valence electrons. The molecule has 4 heteroatoms. The Kier molecular flexibility index (Phi) is 5.27. The molecule has 1 aromatic carbocycles. The van der Waals surface area contributed by atoms with Crippen LogP contribution >= 0.6 is 0 Å². The third kappa shape index (κ3) is 4.51. The van der Waals surface area contributed by atoms with Crippen molar-refractivity contribution < 1.29 is 19.4 Å². The summed E-state index contributed by atoms with van der Waals surface area (Å²) in [6.45, 7) is 2.80. The lowest BCUT2D eigenvalue weighted by molar-refractivity contribution is -0.135. The number of benzene rings is 1. The van der Waals surface area contributed by atoms with E-state index in [1.807, 2.05) is 0 Å². The third-order valence-corrected chi connectivity index (χ3v) is 2.39. The number of carbonyl (C=O) groups is 2. The molecule has 0 aliphatic rings. The number of carbonyl (C=O) groups excluding carboxylic acids is 2. The Labute approximate surface area is 106 Å². The normalized spacial score (nSPS) is 12.4. The van der Waals surface area contributed by atoms with Gasteiger partial charge in [-0.05, 0) is 25.0 Å². The highest BCUT2D eigenvalue weighted by Crippen LogP contribution is 2.17. The Bertz CT molecular complexity index is 445. The second-order valence-electron chi connectivity index (χ2n) is 3.91. The molecule has 1 unspecified atom stereocenters. The number of Topliss-reactive ketones (excluding diaryl/α,β-unsaturated/α-hetero) is 1. The van der Waals surface area contributed by atoms with Crippen molar-refractivity contribution in [3.05, 3.63) is 47.7 Å². The molecule has 0 aliphatic heterocycles. The number of ether oxygens (including phenoxy) is 1. The summed E-state index contributed by atoms with van der Waals surface area (Å²) in [5.41, 5.74) is 1.33. The highest BCUT2D eigenvalue weighted by atomic mass is 16.5. The van der Waals surface area contributed by atoms with Gasteiger partial charge in [-0.3, -0.25) is 9.59 Å². The van der Waals surface area contributed by atoms with Crippen LogP contribution in [0, 0.1) is 0 Å². The molecule has 0 fully saturated rings. The molecule has 1 N–H and O–H groups in total. The Morgan fingerprint density at radius 1 is 1.28 bits per heavy atom. The van der Waals surface area contributed by atoms with Gasteiger partial charge in [0.05, 0.1) is 12.4 Å². The SMILES string of the molecule is CC(=O)O/C=C\CC(O)c1ccc(C(C)=O)cc1. The van der Waals surface area contributed by atoms with Crippen molar-refractivity contribution in [2.75, 3.05) is 0 Å². The molecule has 0 bridgehead atoms. The number of ketones is 1. The van der Waals surface area contributed by atoms with E-state index < -0.39 is 12.1 Å². The van der Waals surface area contributed by atoms with Gasteiger partial charge in [0.15, 0.2) is 5.78 Å². The van der Waals surface area contributed by atoms with Crippen LogP contribution in [0.5, 0.6) is 0 Å². The van der Waals surface area contributed by atoms with Crippen LogP contribution in [0.1, 0.15) is 42.3 Å². The summed E-state index contributed by atoms with van der Waals surface area (Å²) in [6.07, 6.45) is 2.49. The van der Waals surface area contributed by atoms with E-state index in [4.69, 9.17) is 0 Å². The average Bonchev–Trinajstić information content (AvgIpc) is 2.34. The highest BCUT2D eigenvalue weighted by Gasteiger charge is 2.06. The average molecular weight is 248 g/mol. The second kappa shape index (κ2) is 6.71. The molecule has 0 aromatic heterocycles. The van der Waals surface area contributed by atoms with Gasteiger partial charge >= 0.3 is 5.97 Å². The van der Waals surface area contributed by atoms with E-state index in [9.17, 15) is 14.7 Å². The molecular weight excluding hydrogens is 232 g/mol. The minimum atomic E-state index is -0.683. The number of rotatable bonds is 5. The largest absolute Gasteiger partial charge is 0.435 e. The van der Waals surface area contributed by atoms with Gasteiger partial charge in [-0.2, -0.15) is 0 Å². The molecule has 0 saturated heterocycles. The number of esters is 1. The van der Waals surface area contributed by atoms with E-state index in [1.54, 1.807) is 30.3 Å². The maximum absolute atomic E-state index is 11.1. The summed E-state index contributed by atoms with van der Waals surface area (Å²) in [5.74, 6) is -0.405. The zero-order valence-electron chi connectivity index (χ0n) is 10.4. The van der Waals surface area contributed by atoms with E-state index in [-0.39, 0.29) is 5.78 Å². The fraction of sp³-hybridized carbons (Fsp3) is 0.286. The first-order valence-electron chi connectivity index (χ1n) is 5.62. The molecule has 0 amide bonds. The summed E-state index contributed by atoms with van der Waals surface area (Å²) in [4.78, 5) is 21.6. The quantitative estimate of drug-likeness (QED) is 0.493. The number of hydrogen-bond acceptors (Lipinski definition) is 4. The van der Waals surface area contributed by atoms with Gasteiger partial charge in [-0.25, -0.2) is 0 Å². The van der Waals surface area contributed by atoms with Gasteiger partial charge in [0.25, 0.3) is 0 Å². The van der Waals surface area contributed by atoms with E-state index in [0.29, 0.717) is 17.5 Å². The Balaban J connectivity index is 2.56. The Morgan fingerprint density at radius 3 is 2.39 bits per heavy atom. The first-order valence-corrected chi connectivity index (χ1v) is 5.62. The topological polar surface area (TPSA) is 63.6 Å². The van der Waals surface area contributed by atoms with Crippen LogP contribution < -0.4 is 0 Å². The van der Waals surface area contributed by atoms with Gasteiger partial charge in [-0.15, -0.1) is 0 Å². The van der Waals surface area contributed by atoms with Crippen molar-refractivity contribution in [1.29, 1.82) is 0 Å². The fourth-order valence-corrected chi connectivity index (χ4v) is 1.40. The zero-order chi connectivity index (χ0) is 13.5. The zero-order valence-corrected chi connectivity index (χ0v) is 10.4. The molecule has 0 saturated carbocycles. The first-order chi connectivity index (χ1) is 8.50. The van der Waals surface area contributed by atoms with Crippen LogP contribution in [-0.2, 0) is 9.53 Å². The van der Waals surface area contributed by atoms with Crippen LogP contribution in [0.3, 0.4) is 0 Å². The molecule has 1 rings (SSSR count). The minimum absolute atomic E-state index is 0.00852. The van der Waals surface area contributed by atoms with Gasteiger partial charge in [-0.1, -0.05) is 24.3 Å². The molecule has 0 heterocycles. The van der Waals surface area contributed by atoms with E-state index in [1.165, 1.54) is 20.1 Å². The predicted octanol–water partition coefficient (Wildman–Crippen LogP) is 2.39. The van der Waals surface area contributed by atoms with Crippen LogP contribution in [0.15, 0.2) is 36.6 Å². The summed E-state index contributed by atoms with van der Waals surface area (Å²) < 4.78 is 4.60. The monoisotopic (exact) mass is 248 g/mol. The molecule has 0 radical (unpaired) electrons. The summed E-state index contributed by atoms with van der Waals surface area (Å²) in [6, 6.07) is 6.77. The highest BCUT2D eigenvalue weighted by molar-refractivity contribution is 5.94. The summed E-state index contributed by atoms with van der Waals surface area (Å²) in [5, 5.41) is 9.84. The molecule has 0 aliphatic carbocycles. The minimum Gasteiger partial charge on any atom is -0.435 e. The van der Waals surface area contributed by atoms with Crippen molar-refractivity contribution in [3.8, 4) is 0 Å². The summed E-state index contributed by atoms with van der Waals surface area (Å²) in [7, 11) is 0. The van der Waals surface area contributed by atoms with E-state index in [2.05, 4.69) is 4.74 Å². The van der Waals surface area contributed by atoms with Crippen molar-refractivity contribution in [2.24, 2.45) is 0 Å². The standard InChI is InChI=1S/C14H16O4/c1-10(15)12-5-7-13(8-6-12)14(17)4-3-9-18-11(2)16/h3,5-9,14,17H,4H2,1-2H3/b9-3-. The lowest BCUT2D eigenvalue weighted by Crippen LogP contribution is -1.98. The second-order valence-corrected chi connectivity index (χ2v) is 3.91. The molecule has 1 aromatic rings. The van der Waals surface area contributed by atoms with Gasteiger partial charge in [0, 0.05) is 12.5 Å². The lowest BCUT2D eigenvalue weighted by Gasteiger charge is -2.08. The van der Waals surface area contributed by atoms with Crippen LogP contribution in [0.2, 0.25) is 0 Å². The van der Waals surface area contributed by atoms with E-state index in [0.717, 1.165) is 0 Å². The van der Waals surface area contributed by atoms with Crippen LogP contribution in [0.25, 0.3) is 0 Å².